The molecule has 0 radical (unpaired) electrons. The molecule has 0 saturated heterocycles. The minimum Gasteiger partial charge on any atom is -0.372 e. The third kappa shape index (κ3) is 3.85. The maximum atomic E-state index is 12.9. The van der Waals surface area contributed by atoms with E-state index in [-0.39, 0.29) is 0 Å². The van der Waals surface area contributed by atoms with Gasteiger partial charge in [-0.2, -0.15) is 13.2 Å². The first kappa shape index (κ1) is 16.3. The largest absolute Gasteiger partial charge is 0.423 e. The Morgan fingerprint density at radius 1 is 1.20 bits per heavy atom. The molecule has 0 spiro atoms. The molecule has 0 atom stereocenters. The van der Waals surface area contributed by atoms with Gasteiger partial charge in [0, 0.05) is 24.8 Å². The van der Waals surface area contributed by atoms with E-state index in [1.165, 1.54) is 6.07 Å². The van der Waals surface area contributed by atoms with Gasteiger partial charge in [0.1, 0.15) is 5.56 Å². The summed E-state index contributed by atoms with van der Waals surface area (Å²) in [6, 6.07) is 3.17. The van der Waals surface area contributed by atoms with E-state index in [4.69, 9.17) is 0 Å². The number of alkyl halides is 3. The predicted molar refractivity (Wildman–Crippen MR) is 70.9 cm³/mol. The third-order valence-electron chi connectivity index (χ3n) is 2.83. The molecule has 0 heterocycles. The topological polar surface area (TPSA) is 46.4 Å². The molecular weight excluding hydrogens is 273 g/mol. The highest BCUT2D eigenvalue weighted by Gasteiger charge is 2.38. The molecule has 1 rings (SSSR count). The summed E-state index contributed by atoms with van der Waals surface area (Å²) >= 11 is 0. The van der Waals surface area contributed by atoms with Gasteiger partial charge in [-0.25, -0.2) is 0 Å². The minimum absolute atomic E-state index is 0.367. The van der Waals surface area contributed by atoms with Crippen LogP contribution in [0.3, 0.4) is 0 Å². The lowest BCUT2D eigenvalue weighted by atomic mass is 10.1. The first-order valence-corrected chi connectivity index (χ1v) is 6.41. The lowest BCUT2D eigenvalue weighted by Gasteiger charge is -2.24. The van der Waals surface area contributed by atoms with E-state index in [0.29, 0.717) is 18.8 Å². The second-order valence-electron chi connectivity index (χ2n) is 4.44. The zero-order chi connectivity index (χ0) is 15.3. The maximum absolute atomic E-state index is 12.9. The van der Waals surface area contributed by atoms with Crippen LogP contribution in [0.4, 0.5) is 24.5 Å². The molecule has 0 aliphatic heterocycles. The molecule has 0 fully saturated rings. The smallest absolute Gasteiger partial charge is 0.372 e. The fourth-order valence-corrected chi connectivity index (χ4v) is 2.02. The molecular formula is C13H17F3N2O2. The summed E-state index contributed by atoms with van der Waals surface area (Å²) in [7, 11) is 0. The van der Waals surface area contributed by atoms with Crippen LogP contribution in [0.1, 0.15) is 32.3 Å². The Bertz CT molecular complexity index is 469. The number of rotatable bonds is 6. The highest BCUT2D eigenvalue weighted by Crippen LogP contribution is 2.38. The number of nitro groups is 1. The summed E-state index contributed by atoms with van der Waals surface area (Å²) < 4.78 is 38.7. The lowest BCUT2D eigenvalue weighted by Crippen LogP contribution is -2.25. The van der Waals surface area contributed by atoms with Gasteiger partial charge in [0.2, 0.25) is 0 Å². The molecule has 7 heteroatoms. The number of halogens is 3. The highest BCUT2D eigenvalue weighted by molar-refractivity contribution is 5.56. The maximum Gasteiger partial charge on any atom is 0.423 e. The van der Waals surface area contributed by atoms with Crippen molar-refractivity contribution >= 4 is 11.4 Å². The van der Waals surface area contributed by atoms with Gasteiger partial charge < -0.3 is 4.90 Å². The zero-order valence-corrected chi connectivity index (χ0v) is 11.4. The van der Waals surface area contributed by atoms with Crippen molar-refractivity contribution in [1.29, 1.82) is 0 Å². The molecule has 112 valence electrons. The summed E-state index contributed by atoms with van der Waals surface area (Å²) in [4.78, 5) is 11.5. The van der Waals surface area contributed by atoms with Crippen molar-refractivity contribution in [2.45, 2.75) is 32.9 Å². The van der Waals surface area contributed by atoms with Crippen molar-refractivity contribution in [3.05, 3.63) is 33.9 Å². The van der Waals surface area contributed by atoms with Crippen LogP contribution in [0.15, 0.2) is 18.2 Å². The van der Waals surface area contributed by atoms with E-state index < -0.39 is 22.4 Å². The Kier molecular flexibility index (Phi) is 5.35. The Balaban J connectivity index is 3.27. The summed E-state index contributed by atoms with van der Waals surface area (Å²) in [5.74, 6) is 0. The van der Waals surface area contributed by atoms with Crippen LogP contribution in [0.25, 0.3) is 0 Å². The van der Waals surface area contributed by atoms with E-state index in [9.17, 15) is 23.3 Å². The molecule has 20 heavy (non-hydrogen) atoms. The molecule has 0 aliphatic carbocycles. The van der Waals surface area contributed by atoms with Crippen LogP contribution >= 0.6 is 0 Å². The second-order valence-corrected chi connectivity index (χ2v) is 4.44. The Hall–Kier alpha value is -1.79. The van der Waals surface area contributed by atoms with Gasteiger partial charge in [-0.1, -0.05) is 13.8 Å². The average Bonchev–Trinajstić information content (AvgIpc) is 2.36. The van der Waals surface area contributed by atoms with E-state index in [1.54, 1.807) is 4.90 Å². The zero-order valence-electron chi connectivity index (χ0n) is 11.4. The van der Waals surface area contributed by atoms with Crippen LogP contribution in [0.2, 0.25) is 0 Å². The summed E-state index contributed by atoms with van der Waals surface area (Å²) in [5.41, 5.74) is -1.74. The Morgan fingerprint density at radius 2 is 1.75 bits per heavy atom. The number of benzene rings is 1. The van der Waals surface area contributed by atoms with Gasteiger partial charge in [0.15, 0.2) is 0 Å². The third-order valence-corrected chi connectivity index (χ3v) is 2.83. The molecule has 0 bridgehead atoms. The van der Waals surface area contributed by atoms with Gasteiger partial charge in [-0.3, -0.25) is 10.1 Å². The van der Waals surface area contributed by atoms with Crippen LogP contribution in [0, 0.1) is 10.1 Å². The van der Waals surface area contributed by atoms with Crippen molar-refractivity contribution in [3.63, 3.8) is 0 Å². The molecule has 1 aromatic carbocycles. The SMILES string of the molecule is CCCN(CCC)c1ccc([N+](=O)[O-])c(C(F)(F)F)c1. The fraction of sp³-hybridized carbons (Fsp3) is 0.538. The van der Waals surface area contributed by atoms with Crippen molar-refractivity contribution in [2.24, 2.45) is 0 Å². The van der Waals surface area contributed by atoms with Gasteiger partial charge in [0.25, 0.3) is 5.69 Å². The predicted octanol–water partition coefficient (Wildman–Crippen LogP) is 4.24. The number of nitro benzene ring substituents is 1. The molecule has 0 aromatic heterocycles. The highest BCUT2D eigenvalue weighted by atomic mass is 19.4. The molecule has 0 aliphatic rings. The first-order chi connectivity index (χ1) is 9.31. The standard InChI is InChI=1S/C13H17F3N2O2/c1-3-7-17(8-4-2)10-5-6-12(18(19)20)11(9-10)13(14,15)16/h5-6,9H,3-4,7-8H2,1-2H3. The van der Waals surface area contributed by atoms with Gasteiger partial charge in [-0.05, 0) is 25.0 Å². The lowest BCUT2D eigenvalue weighted by molar-refractivity contribution is -0.388. The number of hydrogen-bond donors (Lipinski definition) is 0. The fourth-order valence-electron chi connectivity index (χ4n) is 2.02. The van der Waals surface area contributed by atoms with Crippen molar-refractivity contribution in [2.75, 3.05) is 18.0 Å². The monoisotopic (exact) mass is 290 g/mol. The van der Waals surface area contributed by atoms with Crippen molar-refractivity contribution in [3.8, 4) is 0 Å². The van der Waals surface area contributed by atoms with Gasteiger partial charge in [-0.15, -0.1) is 0 Å². The van der Waals surface area contributed by atoms with E-state index in [0.717, 1.165) is 25.0 Å². The van der Waals surface area contributed by atoms with Crippen molar-refractivity contribution in [1.82, 2.24) is 0 Å². The number of hydrogen-bond acceptors (Lipinski definition) is 3. The number of nitrogens with zero attached hydrogens (tertiary/aromatic N) is 2. The van der Waals surface area contributed by atoms with E-state index >= 15 is 0 Å². The van der Waals surface area contributed by atoms with Gasteiger partial charge in [0.05, 0.1) is 4.92 Å². The summed E-state index contributed by atoms with van der Waals surface area (Å²) in [5, 5.41) is 10.7. The summed E-state index contributed by atoms with van der Waals surface area (Å²) in [6.45, 7) is 5.09. The molecule has 0 N–H and O–H groups in total. The number of anilines is 1. The van der Waals surface area contributed by atoms with E-state index in [2.05, 4.69) is 0 Å². The quantitative estimate of drug-likeness (QED) is 0.581. The minimum atomic E-state index is -4.73. The Morgan fingerprint density at radius 3 is 2.15 bits per heavy atom. The first-order valence-electron chi connectivity index (χ1n) is 6.41. The van der Waals surface area contributed by atoms with Crippen LogP contribution < -0.4 is 4.90 Å². The van der Waals surface area contributed by atoms with Crippen LogP contribution in [-0.2, 0) is 6.18 Å². The normalized spacial score (nSPS) is 11.4. The molecule has 1 aromatic rings. The molecule has 4 nitrogen and oxygen atoms in total. The van der Waals surface area contributed by atoms with Crippen LogP contribution in [0.5, 0.6) is 0 Å². The summed E-state index contributed by atoms with van der Waals surface area (Å²) in [6.07, 6.45) is -3.15. The van der Waals surface area contributed by atoms with Gasteiger partial charge >= 0.3 is 6.18 Å². The molecule has 0 amide bonds. The second kappa shape index (κ2) is 6.58. The molecule has 0 saturated carbocycles. The van der Waals surface area contributed by atoms with E-state index in [1.807, 2.05) is 13.8 Å². The average molecular weight is 290 g/mol. The Labute approximate surface area is 115 Å². The molecule has 0 unspecified atom stereocenters. The van der Waals surface area contributed by atoms with Crippen LogP contribution in [-0.4, -0.2) is 18.0 Å². The van der Waals surface area contributed by atoms with Crippen molar-refractivity contribution < 1.29 is 18.1 Å².